The van der Waals surface area contributed by atoms with Crippen LogP contribution in [-0.2, 0) is 9.53 Å². The van der Waals surface area contributed by atoms with Crippen molar-refractivity contribution in [2.45, 2.75) is 66.4 Å². The highest BCUT2D eigenvalue weighted by molar-refractivity contribution is 5.82. The zero-order valence-corrected chi connectivity index (χ0v) is 11.4. The van der Waals surface area contributed by atoms with Crippen LogP contribution in [0.2, 0.25) is 0 Å². The molecule has 1 aliphatic heterocycles. The van der Waals surface area contributed by atoms with Gasteiger partial charge >= 0.3 is 5.97 Å². The number of carbonyl (C=O) groups excluding carboxylic acids is 1. The molecule has 2 heteroatoms. The Morgan fingerprint density at radius 3 is 2.12 bits per heavy atom. The van der Waals surface area contributed by atoms with Gasteiger partial charge in [-0.05, 0) is 26.2 Å². The van der Waals surface area contributed by atoms with E-state index < -0.39 is 0 Å². The van der Waals surface area contributed by atoms with Gasteiger partial charge in [-0.3, -0.25) is 4.79 Å². The maximum Gasteiger partial charge on any atom is 0.313 e. The minimum absolute atomic E-state index is 0.0188. The third-order valence-electron chi connectivity index (χ3n) is 6.06. The van der Waals surface area contributed by atoms with E-state index in [0.717, 1.165) is 19.3 Å². The normalized spacial score (nSPS) is 41.2. The number of fused-ring (bicyclic) bond motifs is 2. The van der Waals surface area contributed by atoms with E-state index in [4.69, 9.17) is 4.74 Å². The van der Waals surface area contributed by atoms with Crippen LogP contribution in [-0.4, -0.2) is 11.6 Å². The van der Waals surface area contributed by atoms with E-state index in [9.17, 15) is 4.79 Å². The SMILES string of the molecule is CCC(C)(C)C12CCC(C)(C(=O)O1)C2(C)C. The van der Waals surface area contributed by atoms with E-state index in [1.54, 1.807) is 0 Å². The zero-order valence-electron chi connectivity index (χ0n) is 11.4. The molecule has 1 heterocycles. The lowest BCUT2D eigenvalue weighted by Gasteiger charge is -2.48. The predicted molar refractivity (Wildman–Crippen MR) is 64.0 cm³/mol. The molecule has 2 bridgehead atoms. The van der Waals surface area contributed by atoms with Gasteiger partial charge in [0.1, 0.15) is 5.60 Å². The number of ether oxygens (including phenoxy) is 1. The van der Waals surface area contributed by atoms with Crippen molar-refractivity contribution >= 4 is 5.97 Å². The van der Waals surface area contributed by atoms with Crippen molar-refractivity contribution in [2.75, 3.05) is 0 Å². The Morgan fingerprint density at radius 1 is 1.25 bits per heavy atom. The molecule has 2 nitrogen and oxygen atoms in total. The van der Waals surface area contributed by atoms with Crippen LogP contribution in [0.1, 0.15) is 60.8 Å². The molecule has 16 heavy (non-hydrogen) atoms. The van der Waals surface area contributed by atoms with Gasteiger partial charge in [0.25, 0.3) is 0 Å². The van der Waals surface area contributed by atoms with Crippen LogP contribution in [0.5, 0.6) is 0 Å². The molecular formula is C14H24O2. The molecule has 1 saturated carbocycles. The summed E-state index contributed by atoms with van der Waals surface area (Å²) in [4.78, 5) is 12.1. The molecule has 0 amide bonds. The van der Waals surface area contributed by atoms with E-state index in [0.29, 0.717) is 0 Å². The highest BCUT2D eigenvalue weighted by atomic mass is 16.6. The molecule has 2 aliphatic rings. The number of carbonyl (C=O) groups is 1. The molecule has 92 valence electrons. The monoisotopic (exact) mass is 224 g/mol. The van der Waals surface area contributed by atoms with Crippen molar-refractivity contribution in [3.05, 3.63) is 0 Å². The van der Waals surface area contributed by atoms with Gasteiger partial charge in [-0.2, -0.15) is 0 Å². The van der Waals surface area contributed by atoms with Crippen molar-refractivity contribution in [2.24, 2.45) is 16.2 Å². The fraction of sp³-hybridized carbons (Fsp3) is 0.929. The second-order valence-corrected chi connectivity index (χ2v) is 6.91. The lowest BCUT2D eigenvalue weighted by molar-refractivity contribution is -0.175. The van der Waals surface area contributed by atoms with Crippen molar-refractivity contribution < 1.29 is 9.53 Å². The minimum Gasteiger partial charge on any atom is -0.457 e. The minimum atomic E-state index is -0.278. The van der Waals surface area contributed by atoms with Crippen LogP contribution in [0, 0.1) is 16.2 Å². The third-order valence-corrected chi connectivity index (χ3v) is 6.06. The molecule has 2 fully saturated rings. The first-order valence-corrected chi connectivity index (χ1v) is 6.38. The smallest absolute Gasteiger partial charge is 0.313 e. The predicted octanol–water partition coefficient (Wildman–Crippen LogP) is 3.54. The summed E-state index contributed by atoms with van der Waals surface area (Å²) < 4.78 is 5.88. The van der Waals surface area contributed by atoms with Gasteiger partial charge in [0.05, 0.1) is 5.41 Å². The Balaban J connectivity index is 2.57. The van der Waals surface area contributed by atoms with Gasteiger partial charge in [0.15, 0.2) is 0 Å². The molecule has 1 aliphatic carbocycles. The number of esters is 1. The number of rotatable bonds is 2. The first-order chi connectivity index (χ1) is 7.15. The molecule has 0 aromatic heterocycles. The fourth-order valence-corrected chi connectivity index (χ4v) is 3.91. The Morgan fingerprint density at radius 2 is 1.81 bits per heavy atom. The summed E-state index contributed by atoms with van der Waals surface area (Å²) >= 11 is 0. The summed E-state index contributed by atoms with van der Waals surface area (Å²) in [5.41, 5.74) is -0.545. The molecule has 0 spiro atoms. The van der Waals surface area contributed by atoms with Crippen LogP contribution in [0.15, 0.2) is 0 Å². The summed E-state index contributed by atoms with van der Waals surface area (Å²) in [5.74, 6) is 0.0188. The van der Waals surface area contributed by atoms with E-state index in [2.05, 4.69) is 41.5 Å². The highest BCUT2D eigenvalue weighted by Gasteiger charge is 2.75. The van der Waals surface area contributed by atoms with E-state index >= 15 is 0 Å². The van der Waals surface area contributed by atoms with Gasteiger partial charge in [0.2, 0.25) is 0 Å². The lowest BCUT2D eigenvalue weighted by Crippen LogP contribution is -2.52. The summed E-state index contributed by atoms with van der Waals surface area (Å²) in [7, 11) is 0. The van der Waals surface area contributed by atoms with Gasteiger partial charge in [0, 0.05) is 10.8 Å². The average molecular weight is 224 g/mol. The Kier molecular flexibility index (Phi) is 2.11. The molecule has 1 saturated heterocycles. The Labute approximate surface area is 98.7 Å². The molecule has 0 N–H and O–H groups in total. The molecule has 0 aromatic rings. The molecule has 0 radical (unpaired) electrons. The van der Waals surface area contributed by atoms with Crippen molar-refractivity contribution in [3.8, 4) is 0 Å². The van der Waals surface area contributed by atoms with Crippen LogP contribution in [0.4, 0.5) is 0 Å². The second-order valence-electron chi connectivity index (χ2n) is 6.91. The topological polar surface area (TPSA) is 26.3 Å². The van der Waals surface area contributed by atoms with Crippen molar-refractivity contribution in [1.29, 1.82) is 0 Å². The van der Waals surface area contributed by atoms with Gasteiger partial charge < -0.3 is 4.74 Å². The lowest BCUT2D eigenvalue weighted by atomic mass is 9.58. The third kappa shape index (κ3) is 0.930. The Hall–Kier alpha value is -0.530. The van der Waals surface area contributed by atoms with E-state index in [-0.39, 0.29) is 27.8 Å². The van der Waals surface area contributed by atoms with E-state index in [1.165, 1.54) is 0 Å². The Bertz CT molecular complexity index is 343. The summed E-state index contributed by atoms with van der Waals surface area (Å²) in [6.07, 6.45) is 3.03. The van der Waals surface area contributed by atoms with E-state index in [1.807, 2.05) is 0 Å². The maximum absolute atomic E-state index is 12.1. The van der Waals surface area contributed by atoms with Crippen LogP contribution >= 0.6 is 0 Å². The number of hydrogen-bond donors (Lipinski definition) is 0. The van der Waals surface area contributed by atoms with Gasteiger partial charge in [-0.25, -0.2) is 0 Å². The fourth-order valence-electron chi connectivity index (χ4n) is 3.91. The first-order valence-electron chi connectivity index (χ1n) is 6.38. The standard InChI is InChI=1S/C14H24O2/c1-7-11(2,3)14-9-8-13(6,10(15)16-14)12(14,4)5/h7-9H2,1-6H3. The van der Waals surface area contributed by atoms with Gasteiger partial charge in [-0.15, -0.1) is 0 Å². The average Bonchev–Trinajstić information content (AvgIpc) is 2.48. The second kappa shape index (κ2) is 2.83. The summed E-state index contributed by atoms with van der Waals surface area (Å²) in [6.45, 7) is 13.2. The van der Waals surface area contributed by atoms with Crippen LogP contribution < -0.4 is 0 Å². The quantitative estimate of drug-likeness (QED) is 0.671. The van der Waals surface area contributed by atoms with Crippen LogP contribution in [0.3, 0.4) is 0 Å². The summed E-state index contributed by atoms with van der Waals surface area (Å²) in [5, 5.41) is 0. The molecule has 2 rings (SSSR count). The largest absolute Gasteiger partial charge is 0.457 e. The maximum atomic E-state index is 12.1. The number of hydrogen-bond acceptors (Lipinski definition) is 2. The molecule has 2 atom stereocenters. The first kappa shape index (κ1) is 11.9. The van der Waals surface area contributed by atoms with Crippen molar-refractivity contribution in [1.82, 2.24) is 0 Å². The molecular weight excluding hydrogens is 200 g/mol. The van der Waals surface area contributed by atoms with Gasteiger partial charge in [-0.1, -0.05) is 34.6 Å². The van der Waals surface area contributed by atoms with Crippen LogP contribution in [0.25, 0.3) is 0 Å². The molecule has 0 aromatic carbocycles. The zero-order chi connectivity index (χ0) is 12.4. The highest BCUT2D eigenvalue weighted by Crippen LogP contribution is 2.70. The van der Waals surface area contributed by atoms with Crippen molar-refractivity contribution in [3.63, 3.8) is 0 Å². The molecule has 2 unspecified atom stereocenters. The summed E-state index contributed by atoms with van der Waals surface area (Å²) in [6, 6.07) is 0.